The highest BCUT2D eigenvalue weighted by Crippen LogP contribution is 2.28. The molecule has 0 bridgehead atoms. The fourth-order valence-corrected chi connectivity index (χ4v) is 2.49. The Bertz CT molecular complexity index is 550. The highest BCUT2D eigenvalue weighted by molar-refractivity contribution is 14.0. The number of hydrogen-bond acceptors (Lipinski definition) is 3. The first-order chi connectivity index (χ1) is 12.8. The third kappa shape index (κ3) is 11.2. The Hall–Kier alpha value is -1.35. The van der Waals surface area contributed by atoms with Crippen LogP contribution in [0.4, 0.5) is 0 Å². The third-order valence-electron chi connectivity index (χ3n) is 4.10. The summed E-state index contributed by atoms with van der Waals surface area (Å²) in [5.74, 6) is 1.23. The molecule has 3 N–H and O–H groups in total. The molecule has 0 aliphatic heterocycles. The predicted octanol–water partition coefficient (Wildman–Crippen LogP) is 2.34. The zero-order valence-electron chi connectivity index (χ0n) is 16.2. The molecular formula is C20H33IN4O2. The van der Waals surface area contributed by atoms with Gasteiger partial charge in [0.2, 0.25) is 5.91 Å². The van der Waals surface area contributed by atoms with Gasteiger partial charge >= 0.3 is 0 Å². The Balaban J connectivity index is 0.00000364. The van der Waals surface area contributed by atoms with E-state index in [4.69, 9.17) is 4.74 Å². The lowest BCUT2D eigenvalue weighted by molar-refractivity contribution is -0.122. The first-order valence-electron chi connectivity index (χ1n) is 9.71. The van der Waals surface area contributed by atoms with Gasteiger partial charge in [0, 0.05) is 38.7 Å². The molecule has 1 amide bonds. The molecule has 0 radical (unpaired) electrons. The van der Waals surface area contributed by atoms with E-state index in [1.54, 1.807) is 0 Å². The molecule has 0 heterocycles. The van der Waals surface area contributed by atoms with Crippen molar-refractivity contribution in [2.24, 2.45) is 10.9 Å². The van der Waals surface area contributed by atoms with Crippen molar-refractivity contribution in [3.05, 3.63) is 35.9 Å². The smallest absolute Gasteiger partial charge is 0.223 e. The van der Waals surface area contributed by atoms with Crippen molar-refractivity contribution in [2.45, 2.75) is 32.6 Å². The van der Waals surface area contributed by atoms with Crippen molar-refractivity contribution in [1.29, 1.82) is 0 Å². The second-order valence-electron chi connectivity index (χ2n) is 6.45. The van der Waals surface area contributed by atoms with E-state index in [1.807, 2.05) is 13.0 Å². The second-order valence-corrected chi connectivity index (χ2v) is 6.45. The second kappa shape index (κ2) is 14.7. The van der Waals surface area contributed by atoms with Gasteiger partial charge in [-0.2, -0.15) is 0 Å². The summed E-state index contributed by atoms with van der Waals surface area (Å²) in [6.07, 6.45) is 3.91. The van der Waals surface area contributed by atoms with E-state index in [2.05, 4.69) is 45.2 Å². The number of benzene rings is 1. The largest absolute Gasteiger partial charge is 0.381 e. The molecule has 1 aromatic carbocycles. The van der Waals surface area contributed by atoms with E-state index in [0.29, 0.717) is 19.7 Å². The van der Waals surface area contributed by atoms with Gasteiger partial charge in [0.25, 0.3) is 0 Å². The highest BCUT2D eigenvalue weighted by Gasteiger charge is 2.28. The van der Waals surface area contributed by atoms with Crippen molar-refractivity contribution in [3.63, 3.8) is 0 Å². The van der Waals surface area contributed by atoms with Crippen LogP contribution in [-0.4, -0.2) is 51.3 Å². The van der Waals surface area contributed by atoms with Crippen LogP contribution in [0, 0.1) is 5.92 Å². The molecular weight excluding hydrogens is 455 g/mol. The van der Waals surface area contributed by atoms with Gasteiger partial charge in [-0.15, -0.1) is 24.0 Å². The maximum Gasteiger partial charge on any atom is 0.223 e. The van der Waals surface area contributed by atoms with Crippen LogP contribution in [0.25, 0.3) is 0 Å². The molecule has 0 saturated heterocycles. The minimum atomic E-state index is 0. The Labute approximate surface area is 179 Å². The Morgan fingerprint density at radius 3 is 2.56 bits per heavy atom. The van der Waals surface area contributed by atoms with Gasteiger partial charge in [0.1, 0.15) is 0 Å². The highest BCUT2D eigenvalue weighted by atomic mass is 127. The normalized spacial score (nSPS) is 13.6. The van der Waals surface area contributed by atoms with E-state index >= 15 is 0 Å². The van der Waals surface area contributed by atoms with Gasteiger partial charge in [-0.25, -0.2) is 0 Å². The van der Waals surface area contributed by atoms with Crippen molar-refractivity contribution >= 4 is 35.8 Å². The van der Waals surface area contributed by atoms with Crippen LogP contribution in [0.2, 0.25) is 0 Å². The maximum atomic E-state index is 11.6. The summed E-state index contributed by atoms with van der Waals surface area (Å²) in [6.45, 7) is 6.34. The number of halogens is 1. The minimum absolute atomic E-state index is 0. The molecule has 6 nitrogen and oxygen atoms in total. The number of guanidine groups is 1. The van der Waals surface area contributed by atoms with Crippen LogP contribution >= 0.6 is 24.0 Å². The lowest BCUT2D eigenvalue weighted by atomic mass is 10.2. The van der Waals surface area contributed by atoms with Gasteiger partial charge in [-0.3, -0.25) is 9.79 Å². The monoisotopic (exact) mass is 488 g/mol. The molecule has 1 aliphatic carbocycles. The third-order valence-corrected chi connectivity index (χ3v) is 4.10. The fourth-order valence-electron chi connectivity index (χ4n) is 2.49. The van der Waals surface area contributed by atoms with Gasteiger partial charge in [-0.1, -0.05) is 30.3 Å². The number of ether oxygens (including phenoxy) is 1. The molecule has 152 valence electrons. The van der Waals surface area contributed by atoms with Gasteiger partial charge < -0.3 is 20.7 Å². The molecule has 0 aromatic heterocycles. The first-order valence-corrected chi connectivity index (χ1v) is 9.71. The Morgan fingerprint density at radius 2 is 1.85 bits per heavy atom. The fraction of sp³-hybridized carbons (Fsp3) is 0.600. The number of nitrogens with zero attached hydrogens (tertiary/aromatic N) is 1. The van der Waals surface area contributed by atoms with Crippen molar-refractivity contribution < 1.29 is 9.53 Å². The molecule has 7 heteroatoms. The zero-order chi connectivity index (χ0) is 18.5. The number of amides is 1. The van der Waals surface area contributed by atoms with Crippen LogP contribution in [0.1, 0.15) is 31.7 Å². The maximum absolute atomic E-state index is 11.6. The number of carbonyl (C=O) groups excluding carboxylic acids is 1. The van der Waals surface area contributed by atoms with Crippen LogP contribution in [0.3, 0.4) is 0 Å². The van der Waals surface area contributed by atoms with E-state index in [0.717, 1.165) is 51.3 Å². The molecule has 0 unspecified atom stereocenters. The lowest BCUT2D eigenvalue weighted by Crippen LogP contribution is -2.41. The van der Waals surface area contributed by atoms with E-state index in [9.17, 15) is 4.79 Å². The van der Waals surface area contributed by atoms with Crippen LogP contribution in [-0.2, 0) is 16.0 Å². The number of aliphatic imine (C=N–C) groups is 1. The summed E-state index contributed by atoms with van der Waals surface area (Å²) in [4.78, 5) is 16.1. The number of carbonyl (C=O) groups is 1. The summed E-state index contributed by atoms with van der Waals surface area (Å²) in [5.41, 5.74) is 1.30. The summed E-state index contributed by atoms with van der Waals surface area (Å²) >= 11 is 0. The summed E-state index contributed by atoms with van der Waals surface area (Å²) in [5, 5.41) is 9.40. The Morgan fingerprint density at radius 1 is 1.11 bits per heavy atom. The van der Waals surface area contributed by atoms with Crippen LogP contribution in [0.15, 0.2) is 35.3 Å². The van der Waals surface area contributed by atoms with Crippen molar-refractivity contribution in [1.82, 2.24) is 16.0 Å². The van der Waals surface area contributed by atoms with Gasteiger partial charge in [0.15, 0.2) is 5.96 Å². The van der Waals surface area contributed by atoms with Gasteiger partial charge in [0.05, 0.1) is 6.61 Å². The standard InChI is InChI=1S/C20H32N4O2.HI/c1-2-21-20(24-14-13-22-19(25)18-9-10-18)23-12-6-15-26-16-11-17-7-4-3-5-8-17;/h3-5,7-8,18H,2,6,9-16H2,1H3,(H,22,25)(H2,21,23,24);1H. The summed E-state index contributed by atoms with van der Waals surface area (Å²) in [7, 11) is 0. The SMILES string of the molecule is CCNC(=NCCCOCCc1ccccc1)NCCNC(=O)C1CC1.I. The van der Waals surface area contributed by atoms with Crippen LogP contribution < -0.4 is 16.0 Å². The minimum Gasteiger partial charge on any atom is -0.381 e. The number of nitrogens with one attached hydrogen (secondary N) is 3. The van der Waals surface area contributed by atoms with Crippen molar-refractivity contribution in [2.75, 3.05) is 39.4 Å². The Kier molecular flexibility index (Phi) is 12.9. The summed E-state index contributed by atoms with van der Waals surface area (Å²) in [6, 6.07) is 10.4. The molecule has 27 heavy (non-hydrogen) atoms. The molecule has 1 aliphatic rings. The molecule has 0 atom stereocenters. The first kappa shape index (κ1) is 23.7. The van der Waals surface area contributed by atoms with Crippen LogP contribution in [0.5, 0.6) is 0 Å². The summed E-state index contributed by atoms with van der Waals surface area (Å²) < 4.78 is 5.67. The van der Waals surface area contributed by atoms with E-state index in [-0.39, 0.29) is 35.8 Å². The quantitative estimate of drug-likeness (QED) is 0.183. The number of hydrogen-bond donors (Lipinski definition) is 3. The molecule has 2 rings (SSSR count). The molecule has 1 fully saturated rings. The average molecular weight is 488 g/mol. The topological polar surface area (TPSA) is 74.8 Å². The lowest BCUT2D eigenvalue weighted by Gasteiger charge is -2.12. The molecule has 1 saturated carbocycles. The predicted molar refractivity (Wildman–Crippen MR) is 121 cm³/mol. The van der Waals surface area contributed by atoms with Gasteiger partial charge in [-0.05, 0) is 38.2 Å². The average Bonchev–Trinajstić information content (AvgIpc) is 3.50. The molecule has 1 aromatic rings. The zero-order valence-corrected chi connectivity index (χ0v) is 18.5. The molecule has 0 spiro atoms. The van der Waals surface area contributed by atoms with E-state index in [1.165, 1.54) is 5.56 Å². The van der Waals surface area contributed by atoms with E-state index < -0.39 is 0 Å². The number of rotatable bonds is 12. The van der Waals surface area contributed by atoms with Crippen molar-refractivity contribution in [3.8, 4) is 0 Å².